The number of benzene rings is 1. The Morgan fingerprint density at radius 1 is 1.19 bits per heavy atom. The van der Waals surface area contributed by atoms with Crippen molar-refractivity contribution in [1.29, 1.82) is 0 Å². The summed E-state index contributed by atoms with van der Waals surface area (Å²) in [5.41, 5.74) is 1.79. The van der Waals surface area contributed by atoms with Crippen molar-refractivity contribution in [1.82, 2.24) is 4.90 Å². The third-order valence-electron chi connectivity index (χ3n) is 9.23. The maximum atomic E-state index is 13.6. The average Bonchev–Trinajstić information content (AvgIpc) is 3.12. The van der Waals surface area contributed by atoms with E-state index in [0.29, 0.717) is 29.4 Å². The first-order valence-corrected chi connectivity index (χ1v) is 11.8. The highest BCUT2D eigenvalue weighted by molar-refractivity contribution is 6.07. The molecule has 2 saturated carbocycles. The van der Waals surface area contributed by atoms with Crippen LogP contribution in [0.3, 0.4) is 0 Å². The Hall–Kier alpha value is -2.17. The van der Waals surface area contributed by atoms with Crippen LogP contribution in [0, 0.1) is 40.3 Å². The van der Waals surface area contributed by atoms with Gasteiger partial charge in [0, 0.05) is 23.8 Å². The number of hydrogen-bond acceptors (Lipinski definition) is 2. The Morgan fingerprint density at radius 2 is 2.00 bits per heavy atom. The van der Waals surface area contributed by atoms with Crippen molar-refractivity contribution in [3.05, 3.63) is 41.9 Å². The largest absolute Gasteiger partial charge is 0.325 e. The molecule has 1 unspecified atom stereocenters. The molecule has 4 aliphatic rings. The SMILES string of the molecule is CN1C(=O)C(C(=O)Nc2cccc(F)c2)C[C@@]2(C)C1=CC[C@@H]1[C@H]2CC[C@]2(C)CCC[C@@H]12. The lowest BCUT2D eigenvalue weighted by Gasteiger charge is -2.58. The van der Waals surface area contributed by atoms with Gasteiger partial charge >= 0.3 is 0 Å². The maximum absolute atomic E-state index is 13.6. The normalized spacial score (nSPS) is 39.3. The predicted molar refractivity (Wildman–Crippen MR) is 118 cm³/mol. The molecule has 1 aromatic carbocycles. The standard InChI is InChI=1S/C26H33FN2O2/c1-25-12-5-8-20(25)18-9-10-22-26(2,21(18)11-13-25)15-19(24(31)29(22)3)23(30)28-17-7-4-6-16(27)14-17/h4,6-7,10,14,18-21H,5,8-9,11-13,15H2,1-3H3,(H,28,30)/t18-,19?,20-,21+,25-,26+/m0/s1. The van der Waals surface area contributed by atoms with Crippen molar-refractivity contribution >= 4 is 17.5 Å². The number of halogens is 1. The second kappa shape index (κ2) is 7.18. The van der Waals surface area contributed by atoms with E-state index in [1.165, 1.54) is 44.2 Å². The lowest BCUT2D eigenvalue weighted by molar-refractivity contribution is -0.147. The zero-order valence-corrected chi connectivity index (χ0v) is 18.8. The summed E-state index contributed by atoms with van der Waals surface area (Å²) < 4.78 is 13.6. The van der Waals surface area contributed by atoms with E-state index in [9.17, 15) is 14.0 Å². The molecule has 4 nitrogen and oxygen atoms in total. The number of allylic oxidation sites excluding steroid dienone is 2. The van der Waals surface area contributed by atoms with Crippen LogP contribution in [-0.4, -0.2) is 23.8 Å². The van der Waals surface area contributed by atoms with E-state index in [1.807, 2.05) is 7.05 Å². The second-order valence-electron chi connectivity index (χ2n) is 10.9. The highest BCUT2D eigenvalue weighted by Crippen LogP contribution is 2.64. The fourth-order valence-corrected chi connectivity index (χ4v) is 7.71. The zero-order chi connectivity index (χ0) is 22.0. The maximum Gasteiger partial charge on any atom is 0.239 e. The van der Waals surface area contributed by atoms with Crippen molar-refractivity contribution in [2.24, 2.45) is 34.5 Å². The summed E-state index contributed by atoms with van der Waals surface area (Å²) in [4.78, 5) is 28.0. The number of amides is 2. The quantitative estimate of drug-likeness (QED) is 0.649. The highest BCUT2D eigenvalue weighted by atomic mass is 19.1. The number of carbonyl (C=O) groups excluding carboxylic acids is 2. The highest BCUT2D eigenvalue weighted by Gasteiger charge is 2.59. The summed E-state index contributed by atoms with van der Waals surface area (Å²) in [6.45, 7) is 4.76. The van der Waals surface area contributed by atoms with Gasteiger partial charge in [0.05, 0.1) is 0 Å². The lowest BCUT2D eigenvalue weighted by atomic mass is 9.49. The van der Waals surface area contributed by atoms with E-state index in [4.69, 9.17) is 0 Å². The van der Waals surface area contributed by atoms with E-state index in [0.717, 1.165) is 18.0 Å². The number of fused-ring (bicyclic) bond motifs is 5. The van der Waals surface area contributed by atoms with Crippen LogP contribution in [0.15, 0.2) is 36.0 Å². The summed E-state index contributed by atoms with van der Waals surface area (Å²) in [5, 5.41) is 2.79. The summed E-state index contributed by atoms with van der Waals surface area (Å²) in [6, 6.07) is 5.86. The molecule has 5 heteroatoms. The number of rotatable bonds is 2. The molecule has 3 fully saturated rings. The van der Waals surface area contributed by atoms with E-state index < -0.39 is 11.7 Å². The Labute approximate surface area is 184 Å². The van der Waals surface area contributed by atoms with E-state index in [-0.39, 0.29) is 17.2 Å². The minimum atomic E-state index is -0.744. The fourth-order valence-electron chi connectivity index (χ4n) is 7.71. The molecule has 3 aliphatic carbocycles. The molecule has 31 heavy (non-hydrogen) atoms. The molecule has 6 atom stereocenters. The number of anilines is 1. The van der Waals surface area contributed by atoms with Crippen LogP contribution in [0.2, 0.25) is 0 Å². The average molecular weight is 425 g/mol. The van der Waals surface area contributed by atoms with Crippen LogP contribution in [0.25, 0.3) is 0 Å². The molecule has 1 N–H and O–H groups in total. The molecule has 0 spiro atoms. The zero-order valence-electron chi connectivity index (χ0n) is 18.8. The molecule has 2 amide bonds. The monoisotopic (exact) mass is 424 g/mol. The summed E-state index contributed by atoms with van der Waals surface area (Å²) in [5.74, 6) is 0.268. The first kappa shape index (κ1) is 20.7. The third kappa shape index (κ3) is 3.15. The molecular formula is C26H33FN2O2. The van der Waals surface area contributed by atoms with E-state index >= 15 is 0 Å². The van der Waals surface area contributed by atoms with Gasteiger partial charge in [-0.2, -0.15) is 0 Å². The molecule has 1 heterocycles. The van der Waals surface area contributed by atoms with Gasteiger partial charge < -0.3 is 10.2 Å². The number of nitrogens with one attached hydrogen (secondary N) is 1. The van der Waals surface area contributed by atoms with Crippen molar-refractivity contribution in [3.63, 3.8) is 0 Å². The van der Waals surface area contributed by atoms with Gasteiger partial charge in [-0.1, -0.05) is 32.4 Å². The van der Waals surface area contributed by atoms with E-state index in [2.05, 4.69) is 25.2 Å². The van der Waals surface area contributed by atoms with Crippen LogP contribution < -0.4 is 5.32 Å². The predicted octanol–water partition coefficient (Wildman–Crippen LogP) is 5.37. The number of carbonyl (C=O) groups is 2. The molecule has 166 valence electrons. The molecule has 5 rings (SSSR count). The van der Waals surface area contributed by atoms with Gasteiger partial charge in [-0.3, -0.25) is 9.59 Å². The molecule has 1 aliphatic heterocycles. The van der Waals surface area contributed by atoms with Crippen molar-refractivity contribution in [2.75, 3.05) is 12.4 Å². The number of likely N-dealkylation sites (tertiary alicyclic amines) is 1. The first-order chi connectivity index (χ1) is 14.7. The van der Waals surface area contributed by atoms with Gasteiger partial charge in [0.2, 0.25) is 11.8 Å². The Kier molecular flexibility index (Phi) is 4.80. The Bertz CT molecular complexity index is 958. The van der Waals surface area contributed by atoms with Gasteiger partial charge in [0.1, 0.15) is 11.7 Å². The van der Waals surface area contributed by atoms with E-state index in [1.54, 1.807) is 17.0 Å². The third-order valence-corrected chi connectivity index (χ3v) is 9.23. The van der Waals surface area contributed by atoms with Crippen LogP contribution in [-0.2, 0) is 9.59 Å². The Morgan fingerprint density at radius 3 is 2.77 bits per heavy atom. The van der Waals surface area contributed by atoms with Crippen LogP contribution in [0.5, 0.6) is 0 Å². The number of piperidine rings is 1. The Balaban J connectivity index is 1.44. The molecule has 0 radical (unpaired) electrons. The smallest absolute Gasteiger partial charge is 0.239 e. The topological polar surface area (TPSA) is 49.4 Å². The van der Waals surface area contributed by atoms with Gasteiger partial charge in [-0.15, -0.1) is 0 Å². The summed E-state index contributed by atoms with van der Waals surface area (Å²) >= 11 is 0. The number of hydrogen-bond donors (Lipinski definition) is 1. The molecule has 0 bridgehead atoms. The van der Waals surface area contributed by atoms with Crippen molar-refractivity contribution in [3.8, 4) is 0 Å². The first-order valence-electron chi connectivity index (χ1n) is 11.8. The summed E-state index contributed by atoms with van der Waals surface area (Å²) in [7, 11) is 1.82. The second-order valence-corrected chi connectivity index (χ2v) is 10.9. The minimum Gasteiger partial charge on any atom is -0.325 e. The molecular weight excluding hydrogens is 391 g/mol. The molecule has 0 aromatic heterocycles. The van der Waals surface area contributed by atoms with Crippen LogP contribution in [0.1, 0.15) is 58.8 Å². The molecule has 1 saturated heterocycles. The van der Waals surface area contributed by atoms with Gasteiger partial charge in [-0.25, -0.2) is 4.39 Å². The number of nitrogens with zero attached hydrogens (tertiary/aromatic N) is 1. The van der Waals surface area contributed by atoms with Crippen LogP contribution in [0.4, 0.5) is 10.1 Å². The van der Waals surface area contributed by atoms with Crippen LogP contribution >= 0.6 is 0 Å². The fraction of sp³-hybridized carbons (Fsp3) is 0.615. The summed E-state index contributed by atoms with van der Waals surface area (Å²) in [6.07, 6.45) is 10.3. The molecule has 1 aromatic rings. The van der Waals surface area contributed by atoms with Gasteiger partial charge in [0.25, 0.3) is 0 Å². The van der Waals surface area contributed by atoms with Gasteiger partial charge in [0.15, 0.2) is 0 Å². The van der Waals surface area contributed by atoms with Crippen molar-refractivity contribution in [2.45, 2.75) is 58.8 Å². The lowest BCUT2D eigenvalue weighted by Crippen LogP contribution is -2.57. The van der Waals surface area contributed by atoms with Gasteiger partial charge in [-0.05, 0) is 79.9 Å². The minimum absolute atomic E-state index is 0.155. The van der Waals surface area contributed by atoms with Crippen molar-refractivity contribution < 1.29 is 14.0 Å².